The van der Waals surface area contributed by atoms with Crippen molar-refractivity contribution in [2.24, 2.45) is 0 Å². The van der Waals surface area contributed by atoms with Crippen LogP contribution < -0.4 is 0 Å². The number of aromatic nitrogens is 2. The number of hydrogen-bond donors (Lipinski definition) is 0. The van der Waals surface area contributed by atoms with E-state index in [4.69, 9.17) is 9.97 Å². The number of para-hydroxylation sites is 2. The molecule has 93 valence electrons. The lowest BCUT2D eigenvalue weighted by Crippen LogP contribution is -2.00. The molecule has 3 aromatic rings. The zero-order valence-corrected chi connectivity index (χ0v) is 11.1. The molecule has 0 amide bonds. The fourth-order valence-corrected chi connectivity index (χ4v) is 2.16. The van der Waals surface area contributed by atoms with Crippen molar-refractivity contribution in [3.8, 4) is 11.3 Å². The monoisotopic (exact) mass is 247 g/mol. The van der Waals surface area contributed by atoms with Crippen LogP contribution in [0.4, 0.5) is 0 Å². The topological polar surface area (TPSA) is 25.8 Å². The Balaban J connectivity index is 2.30. The molecule has 2 heteroatoms. The fraction of sp³-hybridized carbons (Fsp3) is 0.176. The third-order valence-corrected chi connectivity index (χ3v) is 3.11. The largest absolute Gasteiger partial charge is 0.249 e. The molecular formula is C17H15N2. The Labute approximate surface area is 113 Å². The molecule has 0 atom stereocenters. The van der Waals surface area contributed by atoms with Gasteiger partial charge in [0.2, 0.25) is 0 Å². The predicted molar refractivity (Wildman–Crippen MR) is 77.9 cm³/mol. The van der Waals surface area contributed by atoms with Crippen LogP contribution >= 0.6 is 0 Å². The van der Waals surface area contributed by atoms with Crippen LogP contribution in [0.15, 0.2) is 48.5 Å². The predicted octanol–water partition coefficient (Wildman–Crippen LogP) is 4.22. The second-order valence-corrected chi connectivity index (χ2v) is 4.88. The first kappa shape index (κ1) is 11.8. The summed E-state index contributed by atoms with van der Waals surface area (Å²) in [6.45, 7) is 4.29. The second-order valence-electron chi connectivity index (χ2n) is 4.88. The van der Waals surface area contributed by atoms with Gasteiger partial charge in [0, 0.05) is 5.56 Å². The standard InChI is InChI=1S/C17H15N2/c1-12(2)16-17(13-8-4-3-5-9-13)19-15-11-7-6-10-14(15)18-16/h3-8,10-12H,1-2H3. The van der Waals surface area contributed by atoms with Gasteiger partial charge < -0.3 is 0 Å². The van der Waals surface area contributed by atoms with E-state index < -0.39 is 0 Å². The van der Waals surface area contributed by atoms with E-state index in [1.165, 1.54) is 0 Å². The van der Waals surface area contributed by atoms with E-state index in [1.54, 1.807) is 0 Å². The number of nitrogens with zero attached hydrogens (tertiary/aromatic N) is 2. The number of hydrogen-bond acceptors (Lipinski definition) is 2. The molecule has 0 aliphatic heterocycles. The number of rotatable bonds is 2. The molecule has 0 aliphatic rings. The minimum Gasteiger partial charge on any atom is -0.249 e. The quantitative estimate of drug-likeness (QED) is 0.677. The summed E-state index contributed by atoms with van der Waals surface area (Å²) in [5.74, 6) is 0.334. The molecule has 3 rings (SSSR count). The lowest BCUT2D eigenvalue weighted by molar-refractivity contribution is 0.825. The third kappa shape index (κ3) is 2.22. The van der Waals surface area contributed by atoms with Gasteiger partial charge in [-0.05, 0) is 24.1 Å². The summed E-state index contributed by atoms with van der Waals surface area (Å²) in [7, 11) is 0. The molecule has 0 saturated carbocycles. The Morgan fingerprint density at radius 1 is 0.895 bits per heavy atom. The smallest absolute Gasteiger partial charge is 0.0934 e. The summed E-state index contributed by atoms with van der Waals surface area (Å²) >= 11 is 0. The lowest BCUT2D eigenvalue weighted by Gasteiger charge is -2.12. The fourth-order valence-electron chi connectivity index (χ4n) is 2.16. The molecule has 1 radical (unpaired) electrons. The Morgan fingerprint density at radius 3 is 2.21 bits per heavy atom. The van der Waals surface area contributed by atoms with Crippen molar-refractivity contribution in [3.63, 3.8) is 0 Å². The van der Waals surface area contributed by atoms with Crippen LogP contribution in [0.25, 0.3) is 22.3 Å². The maximum absolute atomic E-state index is 4.77. The van der Waals surface area contributed by atoms with Gasteiger partial charge in [0.1, 0.15) is 0 Å². The Hall–Kier alpha value is -2.22. The maximum Gasteiger partial charge on any atom is 0.0934 e. The van der Waals surface area contributed by atoms with Crippen LogP contribution in [0.5, 0.6) is 0 Å². The van der Waals surface area contributed by atoms with Crippen molar-refractivity contribution in [3.05, 3.63) is 60.3 Å². The van der Waals surface area contributed by atoms with Gasteiger partial charge in [-0.1, -0.05) is 50.2 Å². The highest BCUT2D eigenvalue weighted by Gasteiger charge is 2.13. The van der Waals surface area contributed by atoms with Crippen molar-refractivity contribution in [2.75, 3.05) is 0 Å². The average molecular weight is 247 g/mol. The summed E-state index contributed by atoms with van der Waals surface area (Å²) in [5, 5.41) is 0. The highest BCUT2D eigenvalue weighted by atomic mass is 14.8. The maximum atomic E-state index is 4.77. The Bertz CT molecular complexity index is 703. The van der Waals surface area contributed by atoms with Crippen LogP contribution in [0.1, 0.15) is 25.5 Å². The van der Waals surface area contributed by atoms with Crippen LogP contribution in [0.2, 0.25) is 0 Å². The third-order valence-electron chi connectivity index (χ3n) is 3.11. The van der Waals surface area contributed by atoms with Crippen LogP contribution in [-0.4, -0.2) is 9.97 Å². The van der Waals surface area contributed by atoms with Gasteiger partial charge in [-0.3, -0.25) is 0 Å². The lowest BCUT2D eigenvalue weighted by atomic mass is 10.0. The molecule has 0 unspecified atom stereocenters. The molecule has 0 bridgehead atoms. The molecule has 1 heterocycles. The first-order valence-corrected chi connectivity index (χ1v) is 6.49. The molecule has 0 saturated heterocycles. The van der Waals surface area contributed by atoms with E-state index in [0.29, 0.717) is 5.92 Å². The zero-order chi connectivity index (χ0) is 13.2. The van der Waals surface area contributed by atoms with Crippen molar-refractivity contribution in [1.29, 1.82) is 0 Å². The Morgan fingerprint density at radius 2 is 1.58 bits per heavy atom. The molecule has 0 spiro atoms. The molecule has 2 aromatic carbocycles. The summed E-state index contributed by atoms with van der Waals surface area (Å²) < 4.78 is 0. The summed E-state index contributed by atoms with van der Waals surface area (Å²) in [6, 6.07) is 19.2. The average Bonchev–Trinajstić information content (AvgIpc) is 2.46. The van der Waals surface area contributed by atoms with E-state index in [1.807, 2.05) is 48.5 Å². The molecule has 0 aliphatic carbocycles. The number of fused-ring (bicyclic) bond motifs is 1. The van der Waals surface area contributed by atoms with Gasteiger partial charge >= 0.3 is 0 Å². The number of benzene rings is 2. The van der Waals surface area contributed by atoms with Crippen molar-refractivity contribution in [1.82, 2.24) is 9.97 Å². The first-order valence-electron chi connectivity index (χ1n) is 6.49. The first-order chi connectivity index (χ1) is 9.25. The summed E-state index contributed by atoms with van der Waals surface area (Å²) in [4.78, 5) is 9.54. The van der Waals surface area contributed by atoms with Crippen LogP contribution in [0.3, 0.4) is 0 Å². The minimum atomic E-state index is 0.334. The van der Waals surface area contributed by atoms with Gasteiger partial charge in [0.25, 0.3) is 0 Å². The van der Waals surface area contributed by atoms with Crippen LogP contribution in [0, 0.1) is 6.07 Å². The molecular weight excluding hydrogens is 232 g/mol. The van der Waals surface area contributed by atoms with Crippen molar-refractivity contribution >= 4 is 11.0 Å². The van der Waals surface area contributed by atoms with Gasteiger partial charge in [-0.2, -0.15) is 0 Å². The van der Waals surface area contributed by atoms with E-state index in [2.05, 4.69) is 19.9 Å². The van der Waals surface area contributed by atoms with Gasteiger partial charge in [0.15, 0.2) is 0 Å². The molecule has 0 N–H and O–H groups in total. The highest BCUT2D eigenvalue weighted by Crippen LogP contribution is 2.27. The van der Waals surface area contributed by atoms with E-state index in [0.717, 1.165) is 28.0 Å². The minimum absolute atomic E-state index is 0.334. The van der Waals surface area contributed by atoms with E-state index in [9.17, 15) is 0 Å². The molecule has 0 fully saturated rings. The highest BCUT2D eigenvalue weighted by molar-refractivity contribution is 5.78. The normalized spacial score (nSPS) is 11.1. The van der Waals surface area contributed by atoms with Crippen molar-refractivity contribution in [2.45, 2.75) is 19.8 Å². The molecule has 1 aromatic heterocycles. The second kappa shape index (κ2) is 4.81. The SMILES string of the molecule is CC(C)c1nc2ccccc2nc1-c1[c]cccc1. The van der Waals surface area contributed by atoms with Crippen molar-refractivity contribution < 1.29 is 0 Å². The summed E-state index contributed by atoms with van der Waals surface area (Å²) in [5.41, 5.74) is 4.85. The summed E-state index contributed by atoms with van der Waals surface area (Å²) in [6.07, 6.45) is 0. The van der Waals surface area contributed by atoms with Gasteiger partial charge in [0.05, 0.1) is 22.4 Å². The molecule has 2 nitrogen and oxygen atoms in total. The Kier molecular flexibility index (Phi) is 3.00. The van der Waals surface area contributed by atoms with Gasteiger partial charge in [-0.25, -0.2) is 9.97 Å². The zero-order valence-electron chi connectivity index (χ0n) is 11.1. The van der Waals surface area contributed by atoms with E-state index in [-0.39, 0.29) is 0 Å². The van der Waals surface area contributed by atoms with E-state index >= 15 is 0 Å². The van der Waals surface area contributed by atoms with Gasteiger partial charge in [-0.15, -0.1) is 0 Å². The molecule has 19 heavy (non-hydrogen) atoms. The van der Waals surface area contributed by atoms with Crippen LogP contribution in [-0.2, 0) is 0 Å².